The molecule has 0 bridgehead atoms. The Kier molecular flexibility index (Phi) is 4.31. The molecule has 2 aliphatic heterocycles. The molecule has 9 heteroatoms. The molecule has 0 spiro atoms. The summed E-state index contributed by atoms with van der Waals surface area (Å²) in [4.78, 5) is 12.2. The number of aromatic nitrogens is 2. The Balaban J connectivity index is 1.85. The van der Waals surface area contributed by atoms with Crippen LogP contribution in [0.1, 0.15) is 34.5 Å². The lowest BCUT2D eigenvalue weighted by molar-refractivity contribution is -0.113. The summed E-state index contributed by atoms with van der Waals surface area (Å²) in [6, 6.07) is 6.20. The molecule has 0 unspecified atom stereocenters. The highest BCUT2D eigenvalue weighted by molar-refractivity contribution is 8.00. The number of nitrogens with one attached hydrogen (secondary N) is 1. The fraction of sp³-hybridized carbons (Fsp3) is 0.412. The zero-order chi connectivity index (χ0) is 18.5. The van der Waals surface area contributed by atoms with Crippen molar-refractivity contribution >= 4 is 33.3 Å². The Hall–Kier alpha value is -1.87. The minimum Gasteiger partial charge on any atom is -0.310 e. The molecule has 0 saturated carbocycles. The number of nitrogens with zero attached hydrogens (tertiary/aromatic N) is 2. The number of halogens is 1. The number of rotatable bonds is 2. The van der Waals surface area contributed by atoms with Gasteiger partial charge in [-0.25, -0.2) is 17.5 Å². The van der Waals surface area contributed by atoms with Crippen molar-refractivity contribution in [3.8, 4) is 0 Å². The Morgan fingerprint density at radius 3 is 2.81 bits per heavy atom. The third-order valence-corrected chi connectivity index (χ3v) is 7.78. The van der Waals surface area contributed by atoms with Gasteiger partial charge >= 0.3 is 0 Å². The van der Waals surface area contributed by atoms with Crippen LogP contribution in [0, 0.1) is 12.7 Å². The van der Waals surface area contributed by atoms with Crippen LogP contribution in [0.15, 0.2) is 24.3 Å². The molecule has 138 valence electrons. The highest BCUT2D eigenvalue weighted by Crippen LogP contribution is 2.45. The van der Waals surface area contributed by atoms with Gasteiger partial charge in [-0.2, -0.15) is 5.10 Å². The second-order valence-corrected chi connectivity index (χ2v) is 9.93. The van der Waals surface area contributed by atoms with Crippen LogP contribution < -0.4 is 5.32 Å². The Bertz CT molecular complexity index is 987. The number of sulfone groups is 1. The molecule has 1 aromatic heterocycles. The lowest BCUT2D eigenvalue weighted by Crippen LogP contribution is -2.20. The predicted octanol–water partition coefficient (Wildman–Crippen LogP) is 2.46. The number of hydrogen-bond acceptors (Lipinski definition) is 5. The predicted molar refractivity (Wildman–Crippen MR) is 98.6 cm³/mol. The van der Waals surface area contributed by atoms with Gasteiger partial charge in [0.2, 0.25) is 5.91 Å². The monoisotopic (exact) mass is 395 g/mol. The molecule has 6 nitrogen and oxygen atoms in total. The highest BCUT2D eigenvalue weighted by atomic mass is 32.2. The zero-order valence-corrected chi connectivity index (χ0v) is 15.7. The van der Waals surface area contributed by atoms with Crippen LogP contribution in [-0.4, -0.2) is 41.4 Å². The molecule has 26 heavy (non-hydrogen) atoms. The lowest BCUT2D eigenvalue weighted by Gasteiger charge is -2.17. The van der Waals surface area contributed by atoms with Crippen molar-refractivity contribution in [2.75, 3.05) is 22.6 Å². The molecule has 1 fully saturated rings. The van der Waals surface area contributed by atoms with Gasteiger partial charge in [0.25, 0.3) is 0 Å². The van der Waals surface area contributed by atoms with Gasteiger partial charge < -0.3 is 5.32 Å². The van der Waals surface area contributed by atoms with Gasteiger partial charge in [-0.15, -0.1) is 11.8 Å². The summed E-state index contributed by atoms with van der Waals surface area (Å²) in [6.45, 7) is 1.81. The SMILES string of the molecule is Cc1nn([C@H]2CCS(=O)(=O)C2)c2c1[C@H](c1ccccc1F)SCC(=O)N2. The van der Waals surface area contributed by atoms with Gasteiger partial charge in [0.05, 0.1) is 34.2 Å². The summed E-state index contributed by atoms with van der Waals surface area (Å²) in [7, 11) is -3.09. The van der Waals surface area contributed by atoms with Gasteiger partial charge in [-0.1, -0.05) is 18.2 Å². The molecule has 3 heterocycles. The standard InChI is InChI=1S/C17H18FN3O3S2/c1-10-15-16(12-4-2-3-5-13(12)18)25-8-14(22)19-17(15)21(20-10)11-6-7-26(23,24)9-11/h2-5,11,16H,6-9H2,1H3,(H,19,22)/t11-,16-/m0/s1. The van der Waals surface area contributed by atoms with Gasteiger partial charge in [0, 0.05) is 11.1 Å². The maximum absolute atomic E-state index is 14.4. The number of fused-ring (bicyclic) bond motifs is 1. The van der Waals surface area contributed by atoms with E-state index in [0.29, 0.717) is 23.5 Å². The van der Waals surface area contributed by atoms with Crippen LogP contribution in [0.4, 0.5) is 10.2 Å². The number of anilines is 1. The van der Waals surface area contributed by atoms with Crippen LogP contribution in [0.3, 0.4) is 0 Å². The van der Waals surface area contributed by atoms with E-state index in [9.17, 15) is 17.6 Å². The highest BCUT2D eigenvalue weighted by Gasteiger charge is 2.36. The van der Waals surface area contributed by atoms with E-state index in [-0.39, 0.29) is 40.3 Å². The van der Waals surface area contributed by atoms with Crippen molar-refractivity contribution in [1.82, 2.24) is 9.78 Å². The molecule has 2 atom stereocenters. The lowest BCUT2D eigenvalue weighted by atomic mass is 10.0. The first-order valence-corrected chi connectivity index (χ1v) is 11.2. The first-order valence-electron chi connectivity index (χ1n) is 8.31. The number of carbonyl (C=O) groups excluding carboxylic acids is 1. The van der Waals surface area contributed by atoms with Crippen LogP contribution >= 0.6 is 11.8 Å². The van der Waals surface area contributed by atoms with Crippen molar-refractivity contribution in [3.63, 3.8) is 0 Å². The summed E-state index contributed by atoms with van der Waals surface area (Å²) in [5, 5.41) is 7.00. The van der Waals surface area contributed by atoms with Crippen LogP contribution in [0.25, 0.3) is 0 Å². The summed E-state index contributed by atoms with van der Waals surface area (Å²) in [6.07, 6.45) is 0.462. The van der Waals surface area contributed by atoms with Crippen molar-refractivity contribution < 1.29 is 17.6 Å². The van der Waals surface area contributed by atoms with Crippen LogP contribution in [0.2, 0.25) is 0 Å². The third kappa shape index (κ3) is 3.03. The third-order valence-electron chi connectivity index (χ3n) is 4.77. The largest absolute Gasteiger partial charge is 0.310 e. The first-order chi connectivity index (χ1) is 12.4. The van der Waals surface area contributed by atoms with E-state index in [1.165, 1.54) is 17.8 Å². The van der Waals surface area contributed by atoms with E-state index < -0.39 is 9.84 Å². The molecule has 1 aromatic carbocycles. The van der Waals surface area contributed by atoms with Gasteiger partial charge in [0.1, 0.15) is 11.6 Å². The average Bonchev–Trinajstić information content (AvgIpc) is 3.03. The first kappa shape index (κ1) is 17.5. The number of hydrogen-bond donors (Lipinski definition) is 1. The maximum atomic E-state index is 14.4. The Morgan fingerprint density at radius 2 is 2.12 bits per heavy atom. The summed E-state index contributed by atoms with van der Waals surface area (Å²) >= 11 is 1.35. The normalized spacial score (nSPS) is 24.8. The quantitative estimate of drug-likeness (QED) is 0.845. The van der Waals surface area contributed by atoms with E-state index in [1.54, 1.807) is 22.9 Å². The van der Waals surface area contributed by atoms with E-state index in [1.807, 2.05) is 6.92 Å². The fourth-order valence-electron chi connectivity index (χ4n) is 3.57. The molecule has 2 aliphatic rings. The second kappa shape index (κ2) is 6.38. The minimum absolute atomic E-state index is 0.00788. The molecule has 0 radical (unpaired) electrons. The molecule has 4 rings (SSSR count). The number of thioether (sulfide) groups is 1. The van der Waals surface area contributed by atoms with E-state index in [2.05, 4.69) is 10.4 Å². The number of benzene rings is 1. The zero-order valence-electron chi connectivity index (χ0n) is 14.1. The smallest absolute Gasteiger partial charge is 0.235 e. The number of carbonyl (C=O) groups is 1. The number of amides is 1. The van der Waals surface area contributed by atoms with Crippen molar-refractivity contribution in [2.45, 2.75) is 24.6 Å². The van der Waals surface area contributed by atoms with Crippen LogP contribution in [0.5, 0.6) is 0 Å². The van der Waals surface area contributed by atoms with Gasteiger partial charge in [-0.3, -0.25) is 4.79 Å². The summed E-state index contributed by atoms with van der Waals surface area (Å²) in [5.41, 5.74) is 1.92. The molecular formula is C17H18FN3O3S2. The molecule has 1 saturated heterocycles. The van der Waals surface area contributed by atoms with E-state index in [0.717, 1.165) is 5.56 Å². The number of aryl methyl sites for hydroxylation is 1. The molecular weight excluding hydrogens is 377 g/mol. The Morgan fingerprint density at radius 1 is 1.35 bits per heavy atom. The summed E-state index contributed by atoms with van der Waals surface area (Å²) < 4.78 is 39.8. The van der Waals surface area contributed by atoms with Gasteiger partial charge in [0.15, 0.2) is 9.84 Å². The minimum atomic E-state index is -3.09. The summed E-state index contributed by atoms with van der Waals surface area (Å²) in [5.74, 6) is 0.278. The maximum Gasteiger partial charge on any atom is 0.235 e. The molecule has 0 aliphatic carbocycles. The molecule has 2 aromatic rings. The van der Waals surface area contributed by atoms with Crippen LogP contribution in [-0.2, 0) is 14.6 Å². The van der Waals surface area contributed by atoms with Crippen molar-refractivity contribution in [3.05, 3.63) is 46.9 Å². The second-order valence-electron chi connectivity index (χ2n) is 6.61. The van der Waals surface area contributed by atoms with Gasteiger partial charge in [-0.05, 0) is 19.4 Å². The topological polar surface area (TPSA) is 81.1 Å². The molecule has 1 N–H and O–H groups in total. The fourth-order valence-corrected chi connectivity index (χ4v) is 6.48. The van der Waals surface area contributed by atoms with E-state index in [4.69, 9.17) is 0 Å². The van der Waals surface area contributed by atoms with Crippen molar-refractivity contribution in [2.24, 2.45) is 0 Å². The van der Waals surface area contributed by atoms with E-state index >= 15 is 0 Å². The Labute approximate surface area is 155 Å². The molecule has 1 amide bonds. The van der Waals surface area contributed by atoms with Crippen molar-refractivity contribution in [1.29, 1.82) is 0 Å². The average molecular weight is 395 g/mol.